The molecule has 5 heteroatoms. The monoisotopic (exact) mass is 281 g/mol. The molecule has 21 heavy (non-hydrogen) atoms. The summed E-state index contributed by atoms with van der Waals surface area (Å²) in [5.74, 6) is 0.688. The Hall–Kier alpha value is -2.69. The molecule has 5 nitrogen and oxygen atoms in total. The lowest BCUT2D eigenvalue weighted by molar-refractivity contribution is 0.206. The van der Waals surface area contributed by atoms with Crippen molar-refractivity contribution in [3.63, 3.8) is 0 Å². The zero-order valence-corrected chi connectivity index (χ0v) is 11.4. The number of hydrogen-bond acceptors (Lipinski definition) is 3. The molecule has 0 spiro atoms. The third-order valence-electron chi connectivity index (χ3n) is 4.16. The van der Waals surface area contributed by atoms with Crippen LogP contribution in [0.3, 0.4) is 0 Å². The zero-order valence-electron chi connectivity index (χ0n) is 11.4. The van der Waals surface area contributed by atoms with E-state index in [4.69, 9.17) is 10.5 Å². The van der Waals surface area contributed by atoms with Crippen LogP contribution < -0.4 is 20.7 Å². The number of fused-ring (bicyclic) bond motifs is 3. The van der Waals surface area contributed by atoms with Crippen LogP contribution in [-0.2, 0) is 5.54 Å². The summed E-state index contributed by atoms with van der Waals surface area (Å²) < 4.78 is 5.91. The fourth-order valence-electron chi connectivity index (χ4n) is 3.12. The molecule has 2 aliphatic heterocycles. The maximum atomic E-state index is 12.4. The van der Waals surface area contributed by atoms with E-state index >= 15 is 0 Å². The second kappa shape index (κ2) is 4.15. The van der Waals surface area contributed by atoms with E-state index in [1.54, 1.807) is 17.0 Å². The summed E-state index contributed by atoms with van der Waals surface area (Å²) in [4.78, 5) is 14.2. The molecule has 0 saturated carbocycles. The van der Waals surface area contributed by atoms with Gasteiger partial charge in [-0.3, -0.25) is 4.90 Å². The molecule has 1 atom stereocenters. The lowest BCUT2D eigenvalue weighted by atomic mass is 9.88. The number of nitrogens with zero attached hydrogens (tertiary/aromatic N) is 1. The Labute approximate surface area is 122 Å². The maximum absolute atomic E-state index is 12.4. The van der Waals surface area contributed by atoms with Crippen molar-refractivity contribution in [1.29, 1.82) is 0 Å². The molecular formula is C16H15N3O2. The Bertz CT molecular complexity index is 717. The number of hydrogen-bond donors (Lipinski definition) is 2. The number of nitrogens with two attached hydrogens (primary N) is 1. The van der Waals surface area contributed by atoms with E-state index in [9.17, 15) is 4.79 Å². The molecule has 2 heterocycles. The van der Waals surface area contributed by atoms with E-state index in [0.29, 0.717) is 24.6 Å². The number of anilines is 2. The highest BCUT2D eigenvalue weighted by Crippen LogP contribution is 2.45. The number of rotatable bonds is 1. The van der Waals surface area contributed by atoms with Crippen molar-refractivity contribution >= 4 is 17.4 Å². The molecule has 2 aliphatic rings. The molecule has 1 fully saturated rings. The molecule has 1 unspecified atom stereocenters. The van der Waals surface area contributed by atoms with Gasteiger partial charge in [0.1, 0.15) is 17.9 Å². The Morgan fingerprint density at radius 1 is 1.19 bits per heavy atom. The molecule has 106 valence electrons. The Morgan fingerprint density at radius 3 is 2.81 bits per heavy atom. The van der Waals surface area contributed by atoms with Crippen molar-refractivity contribution in [2.45, 2.75) is 5.54 Å². The van der Waals surface area contributed by atoms with E-state index in [0.717, 1.165) is 11.3 Å². The molecular weight excluding hydrogens is 266 g/mol. The Kier molecular flexibility index (Phi) is 2.39. The lowest BCUT2D eigenvalue weighted by Gasteiger charge is -2.41. The van der Waals surface area contributed by atoms with Crippen LogP contribution in [0.5, 0.6) is 5.75 Å². The normalized spacial score (nSPS) is 23.0. The predicted molar refractivity (Wildman–Crippen MR) is 80.3 cm³/mol. The van der Waals surface area contributed by atoms with Crippen LogP contribution in [0.2, 0.25) is 0 Å². The van der Waals surface area contributed by atoms with Crippen LogP contribution in [0, 0.1) is 0 Å². The van der Waals surface area contributed by atoms with Crippen LogP contribution >= 0.6 is 0 Å². The van der Waals surface area contributed by atoms with Crippen molar-refractivity contribution in [2.24, 2.45) is 0 Å². The number of carbonyl (C=O) groups excluding carboxylic acids is 1. The molecule has 2 amide bonds. The van der Waals surface area contributed by atoms with E-state index in [2.05, 4.69) is 5.32 Å². The van der Waals surface area contributed by atoms with Crippen LogP contribution in [0.4, 0.5) is 16.2 Å². The number of nitrogen functional groups attached to an aromatic ring is 1. The summed E-state index contributed by atoms with van der Waals surface area (Å²) >= 11 is 0. The van der Waals surface area contributed by atoms with Gasteiger partial charge in [0.25, 0.3) is 0 Å². The van der Waals surface area contributed by atoms with Gasteiger partial charge < -0.3 is 15.8 Å². The number of carbonyl (C=O) groups is 1. The highest BCUT2D eigenvalue weighted by atomic mass is 16.5. The van der Waals surface area contributed by atoms with Crippen molar-refractivity contribution in [3.05, 3.63) is 54.1 Å². The first-order valence-electron chi connectivity index (χ1n) is 6.87. The van der Waals surface area contributed by atoms with E-state index in [1.165, 1.54) is 0 Å². The number of amides is 2. The number of urea groups is 1. The smallest absolute Gasteiger partial charge is 0.323 e. The van der Waals surface area contributed by atoms with Gasteiger partial charge in [0.05, 0.1) is 12.2 Å². The van der Waals surface area contributed by atoms with Crippen molar-refractivity contribution < 1.29 is 9.53 Å². The predicted octanol–water partition coefficient (Wildman–Crippen LogP) is 2.09. The molecule has 0 aromatic heterocycles. The van der Waals surface area contributed by atoms with Gasteiger partial charge in [0.2, 0.25) is 0 Å². The van der Waals surface area contributed by atoms with Crippen LogP contribution in [0.1, 0.15) is 5.56 Å². The Balaban J connectivity index is 1.92. The van der Waals surface area contributed by atoms with Gasteiger partial charge in [0.15, 0.2) is 0 Å². The Morgan fingerprint density at radius 2 is 2.00 bits per heavy atom. The summed E-state index contributed by atoms with van der Waals surface area (Å²) in [6.45, 7) is 0.941. The fourth-order valence-corrected chi connectivity index (χ4v) is 3.12. The standard InChI is InChI=1S/C16H15N3O2/c17-12-6-7-14-13(8-12)19-15(20)18-9-16(19,10-21-14)11-4-2-1-3-5-11/h1-8H,9-10,17H2,(H,18,20). The van der Waals surface area contributed by atoms with Crippen molar-refractivity contribution in [3.8, 4) is 5.75 Å². The summed E-state index contributed by atoms with van der Waals surface area (Å²) in [5, 5.41) is 2.93. The first-order valence-corrected chi connectivity index (χ1v) is 6.87. The molecule has 2 aromatic carbocycles. The van der Waals surface area contributed by atoms with E-state index in [1.807, 2.05) is 36.4 Å². The minimum atomic E-state index is -0.515. The van der Waals surface area contributed by atoms with Crippen LogP contribution in [0.15, 0.2) is 48.5 Å². The quantitative estimate of drug-likeness (QED) is 0.786. The van der Waals surface area contributed by atoms with Gasteiger partial charge in [-0.05, 0) is 23.8 Å². The molecule has 3 N–H and O–H groups in total. The highest BCUT2D eigenvalue weighted by Gasteiger charge is 2.51. The van der Waals surface area contributed by atoms with Crippen molar-refractivity contribution in [1.82, 2.24) is 5.32 Å². The first-order chi connectivity index (χ1) is 10.2. The molecule has 1 saturated heterocycles. The molecule has 0 radical (unpaired) electrons. The van der Waals surface area contributed by atoms with Gasteiger partial charge in [-0.15, -0.1) is 0 Å². The SMILES string of the molecule is Nc1ccc2c(c1)N1C(=O)NCC1(c1ccccc1)CO2. The van der Waals surface area contributed by atoms with Gasteiger partial charge in [-0.1, -0.05) is 30.3 Å². The molecule has 0 bridgehead atoms. The van der Waals surface area contributed by atoms with Gasteiger partial charge in [-0.2, -0.15) is 0 Å². The average Bonchev–Trinajstić information content (AvgIpc) is 2.87. The highest BCUT2D eigenvalue weighted by molar-refractivity contribution is 5.99. The molecule has 4 rings (SSSR count). The summed E-state index contributed by atoms with van der Waals surface area (Å²) in [6, 6.07) is 15.2. The lowest BCUT2D eigenvalue weighted by Crippen LogP contribution is -2.51. The van der Waals surface area contributed by atoms with E-state index < -0.39 is 5.54 Å². The van der Waals surface area contributed by atoms with Gasteiger partial charge in [-0.25, -0.2) is 4.79 Å². The largest absolute Gasteiger partial charge is 0.488 e. The van der Waals surface area contributed by atoms with E-state index in [-0.39, 0.29) is 6.03 Å². The minimum Gasteiger partial charge on any atom is -0.488 e. The van der Waals surface area contributed by atoms with Crippen LogP contribution in [-0.4, -0.2) is 19.2 Å². The second-order valence-electron chi connectivity index (χ2n) is 5.41. The second-order valence-corrected chi connectivity index (χ2v) is 5.41. The first kappa shape index (κ1) is 12.1. The fraction of sp³-hybridized carbons (Fsp3) is 0.188. The summed E-state index contributed by atoms with van der Waals surface area (Å²) in [5.41, 5.74) is 7.75. The summed E-state index contributed by atoms with van der Waals surface area (Å²) in [6.07, 6.45) is 0. The zero-order chi connectivity index (χ0) is 14.4. The minimum absolute atomic E-state index is 0.117. The average molecular weight is 281 g/mol. The van der Waals surface area contributed by atoms with Crippen LogP contribution in [0.25, 0.3) is 0 Å². The summed E-state index contributed by atoms with van der Waals surface area (Å²) in [7, 11) is 0. The third kappa shape index (κ3) is 1.60. The number of ether oxygens (including phenoxy) is 1. The van der Waals surface area contributed by atoms with Gasteiger partial charge in [0, 0.05) is 5.69 Å². The number of benzene rings is 2. The van der Waals surface area contributed by atoms with Crippen molar-refractivity contribution in [2.75, 3.05) is 23.8 Å². The maximum Gasteiger partial charge on any atom is 0.323 e. The number of nitrogens with one attached hydrogen (secondary N) is 1. The third-order valence-corrected chi connectivity index (χ3v) is 4.16. The molecule has 2 aromatic rings. The topological polar surface area (TPSA) is 67.6 Å². The molecule has 0 aliphatic carbocycles. The van der Waals surface area contributed by atoms with Gasteiger partial charge >= 0.3 is 6.03 Å².